The number of nitrogens with zero attached hydrogens (tertiary/aromatic N) is 1. The van der Waals surface area contributed by atoms with E-state index in [9.17, 15) is 5.11 Å². The van der Waals surface area contributed by atoms with Crippen LogP contribution in [0.15, 0.2) is 0 Å². The largest absolute Gasteiger partial charge is 0.392 e. The second kappa shape index (κ2) is 4.80. The number of nitrogens with two attached hydrogens (primary N) is 1. The van der Waals surface area contributed by atoms with E-state index in [1.54, 1.807) is 0 Å². The molecule has 0 aromatic carbocycles. The fourth-order valence-electron chi connectivity index (χ4n) is 1.63. The van der Waals surface area contributed by atoms with Crippen LogP contribution in [0.5, 0.6) is 0 Å². The van der Waals surface area contributed by atoms with Gasteiger partial charge in [0.15, 0.2) is 0 Å². The van der Waals surface area contributed by atoms with E-state index >= 15 is 0 Å². The standard InChI is InChI=1S/C9H20N2O/c1-8-3-6-11(5-2-4-10)7-9(8)12/h8-9,12H,2-7,10H2,1H3. The quantitative estimate of drug-likeness (QED) is 0.632. The molecule has 0 aromatic heterocycles. The highest BCUT2D eigenvalue weighted by Gasteiger charge is 2.23. The molecule has 2 unspecified atom stereocenters. The van der Waals surface area contributed by atoms with Gasteiger partial charge in [-0.1, -0.05) is 6.92 Å². The minimum absolute atomic E-state index is 0.128. The zero-order valence-corrected chi connectivity index (χ0v) is 7.87. The summed E-state index contributed by atoms with van der Waals surface area (Å²) in [6, 6.07) is 0. The smallest absolute Gasteiger partial charge is 0.0693 e. The van der Waals surface area contributed by atoms with Gasteiger partial charge in [-0.05, 0) is 38.4 Å². The first-order chi connectivity index (χ1) is 5.74. The lowest BCUT2D eigenvalue weighted by Gasteiger charge is -2.34. The van der Waals surface area contributed by atoms with Gasteiger partial charge in [-0.15, -0.1) is 0 Å². The fraction of sp³-hybridized carbons (Fsp3) is 1.00. The summed E-state index contributed by atoms with van der Waals surface area (Å²) in [6.07, 6.45) is 2.03. The number of piperidine rings is 1. The Morgan fingerprint density at radius 3 is 2.92 bits per heavy atom. The van der Waals surface area contributed by atoms with E-state index in [0.717, 1.165) is 39.0 Å². The Kier molecular flexibility index (Phi) is 3.98. The van der Waals surface area contributed by atoms with Crippen molar-refractivity contribution in [2.24, 2.45) is 11.7 Å². The lowest BCUT2D eigenvalue weighted by atomic mass is 9.96. The first kappa shape index (κ1) is 9.96. The second-order valence-corrected chi connectivity index (χ2v) is 3.78. The molecule has 0 saturated carbocycles. The first-order valence-corrected chi connectivity index (χ1v) is 4.84. The van der Waals surface area contributed by atoms with Crippen LogP contribution in [0.4, 0.5) is 0 Å². The molecule has 1 rings (SSSR count). The van der Waals surface area contributed by atoms with Crippen molar-refractivity contribution in [1.82, 2.24) is 4.90 Å². The SMILES string of the molecule is CC1CCN(CCCN)CC1O. The summed E-state index contributed by atoms with van der Waals surface area (Å²) in [7, 11) is 0. The zero-order chi connectivity index (χ0) is 8.97. The Morgan fingerprint density at radius 2 is 2.33 bits per heavy atom. The molecule has 0 spiro atoms. The normalized spacial score (nSPS) is 32.2. The highest BCUT2D eigenvalue weighted by atomic mass is 16.3. The van der Waals surface area contributed by atoms with Gasteiger partial charge in [0.1, 0.15) is 0 Å². The molecule has 72 valence electrons. The summed E-state index contributed by atoms with van der Waals surface area (Å²) in [6.45, 7) is 5.87. The van der Waals surface area contributed by atoms with Crippen molar-refractivity contribution in [1.29, 1.82) is 0 Å². The molecule has 1 saturated heterocycles. The van der Waals surface area contributed by atoms with Gasteiger partial charge in [0.25, 0.3) is 0 Å². The third-order valence-corrected chi connectivity index (χ3v) is 2.68. The number of β-amino-alcohol motifs (C(OH)–C–C–N with tert-alkyl or cyclic N) is 1. The maximum absolute atomic E-state index is 9.57. The van der Waals surface area contributed by atoms with Gasteiger partial charge in [0.2, 0.25) is 0 Å². The average molecular weight is 172 g/mol. The summed E-state index contributed by atoms with van der Waals surface area (Å²) in [5.74, 6) is 0.471. The number of rotatable bonds is 3. The average Bonchev–Trinajstić information content (AvgIpc) is 2.07. The van der Waals surface area contributed by atoms with Gasteiger partial charge in [0.05, 0.1) is 6.10 Å². The van der Waals surface area contributed by atoms with Gasteiger partial charge in [-0.3, -0.25) is 0 Å². The Balaban J connectivity index is 2.21. The molecular weight excluding hydrogens is 152 g/mol. The molecule has 1 heterocycles. The summed E-state index contributed by atoms with van der Waals surface area (Å²) in [4.78, 5) is 2.30. The maximum atomic E-state index is 9.57. The van der Waals surface area contributed by atoms with Crippen molar-refractivity contribution >= 4 is 0 Å². The second-order valence-electron chi connectivity index (χ2n) is 3.78. The van der Waals surface area contributed by atoms with Crippen LogP contribution in [-0.2, 0) is 0 Å². The molecule has 3 heteroatoms. The predicted octanol–water partition coefficient (Wildman–Crippen LogP) is 0.0379. The number of hydrogen-bond donors (Lipinski definition) is 2. The predicted molar refractivity (Wildman–Crippen MR) is 49.9 cm³/mol. The summed E-state index contributed by atoms with van der Waals surface area (Å²) in [5.41, 5.74) is 5.42. The minimum Gasteiger partial charge on any atom is -0.392 e. The van der Waals surface area contributed by atoms with Crippen LogP contribution in [0.1, 0.15) is 19.8 Å². The minimum atomic E-state index is -0.128. The molecular formula is C9H20N2O. The first-order valence-electron chi connectivity index (χ1n) is 4.84. The summed E-state index contributed by atoms with van der Waals surface area (Å²) >= 11 is 0. The molecule has 0 bridgehead atoms. The fourth-order valence-corrected chi connectivity index (χ4v) is 1.63. The third kappa shape index (κ3) is 2.73. The van der Waals surface area contributed by atoms with Crippen molar-refractivity contribution in [2.45, 2.75) is 25.9 Å². The Labute approximate surface area is 74.5 Å². The van der Waals surface area contributed by atoms with E-state index in [2.05, 4.69) is 11.8 Å². The molecule has 0 radical (unpaired) electrons. The van der Waals surface area contributed by atoms with Gasteiger partial charge < -0.3 is 15.7 Å². The lowest BCUT2D eigenvalue weighted by Crippen LogP contribution is -2.43. The van der Waals surface area contributed by atoms with Crippen LogP contribution in [0, 0.1) is 5.92 Å². The highest BCUT2D eigenvalue weighted by Crippen LogP contribution is 2.16. The molecule has 0 aromatic rings. The van der Waals surface area contributed by atoms with Crippen LogP contribution >= 0.6 is 0 Å². The van der Waals surface area contributed by atoms with Crippen molar-refractivity contribution in [3.05, 3.63) is 0 Å². The van der Waals surface area contributed by atoms with Crippen LogP contribution in [0.25, 0.3) is 0 Å². The van der Waals surface area contributed by atoms with Gasteiger partial charge in [-0.25, -0.2) is 0 Å². The Bertz CT molecular complexity index is 128. The van der Waals surface area contributed by atoms with Crippen molar-refractivity contribution in [3.63, 3.8) is 0 Å². The van der Waals surface area contributed by atoms with E-state index in [4.69, 9.17) is 5.73 Å². The van der Waals surface area contributed by atoms with E-state index in [1.807, 2.05) is 0 Å². The number of aliphatic hydroxyl groups is 1. The van der Waals surface area contributed by atoms with Crippen LogP contribution in [0.2, 0.25) is 0 Å². The highest BCUT2D eigenvalue weighted by molar-refractivity contribution is 4.76. The molecule has 1 aliphatic heterocycles. The van der Waals surface area contributed by atoms with Gasteiger partial charge >= 0.3 is 0 Å². The summed E-state index contributed by atoms with van der Waals surface area (Å²) < 4.78 is 0. The topological polar surface area (TPSA) is 49.5 Å². The van der Waals surface area contributed by atoms with E-state index < -0.39 is 0 Å². The maximum Gasteiger partial charge on any atom is 0.0693 e. The molecule has 2 atom stereocenters. The van der Waals surface area contributed by atoms with Crippen LogP contribution in [0.3, 0.4) is 0 Å². The molecule has 0 amide bonds. The van der Waals surface area contributed by atoms with Gasteiger partial charge in [0, 0.05) is 6.54 Å². The molecule has 12 heavy (non-hydrogen) atoms. The van der Waals surface area contributed by atoms with E-state index in [-0.39, 0.29) is 6.10 Å². The van der Waals surface area contributed by atoms with Crippen molar-refractivity contribution in [3.8, 4) is 0 Å². The molecule has 3 nitrogen and oxygen atoms in total. The van der Waals surface area contributed by atoms with E-state index in [1.165, 1.54) is 0 Å². The number of likely N-dealkylation sites (tertiary alicyclic amines) is 1. The van der Waals surface area contributed by atoms with Crippen LogP contribution < -0.4 is 5.73 Å². The van der Waals surface area contributed by atoms with E-state index in [0.29, 0.717) is 5.92 Å². The lowest BCUT2D eigenvalue weighted by molar-refractivity contribution is 0.0291. The number of hydrogen-bond acceptors (Lipinski definition) is 3. The Hall–Kier alpha value is -0.120. The third-order valence-electron chi connectivity index (χ3n) is 2.68. The molecule has 1 fully saturated rings. The monoisotopic (exact) mass is 172 g/mol. The van der Waals surface area contributed by atoms with Gasteiger partial charge in [-0.2, -0.15) is 0 Å². The Morgan fingerprint density at radius 1 is 1.58 bits per heavy atom. The zero-order valence-electron chi connectivity index (χ0n) is 7.87. The molecule has 0 aliphatic carbocycles. The molecule has 3 N–H and O–H groups in total. The summed E-state index contributed by atoms with van der Waals surface area (Å²) in [5, 5.41) is 9.57. The van der Waals surface area contributed by atoms with Crippen molar-refractivity contribution < 1.29 is 5.11 Å². The number of aliphatic hydroxyl groups excluding tert-OH is 1. The van der Waals surface area contributed by atoms with Crippen molar-refractivity contribution in [2.75, 3.05) is 26.2 Å². The van der Waals surface area contributed by atoms with Crippen LogP contribution in [-0.4, -0.2) is 42.3 Å². The molecule has 1 aliphatic rings.